The van der Waals surface area contributed by atoms with Crippen LogP contribution in [0.2, 0.25) is 10.0 Å². The van der Waals surface area contributed by atoms with E-state index >= 15 is 0 Å². The Balaban J connectivity index is 2.34. The van der Waals surface area contributed by atoms with Gasteiger partial charge in [-0.3, -0.25) is 4.79 Å². The van der Waals surface area contributed by atoms with Crippen molar-refractivity contribution in [1.82, 2.24) is 0 Å². The second-order valence-corrected chi connectivity index (χ2v) is 5.76. The van der Waals surface area contributed by atoms with E-state index < -0.39 is 5.91 Å². The van der Waals surface area contributed by atoms with Gasteiger partial charge in [0.2, 0.25) is 0 Å². The quantitative estimate of drug-likeness (QED) is 0.625. The summed E-state index contributed by atoms with van der Waals surface area (Å²) >= 11 is 12.0. The van der Waals surface area contributed by atoms with Gasteiger partial charge in [-0.05, 0) is 42.3 Å². The van der Waals surface area contributed by atoms with Crippen molar-refractivity contribution in [2.45, 2.75) is 6.92 Å². The molecule has 1 amide bonds. The summed E-state index contributed by atoms with van der Waals surface area (Å²) in [6.07, 6.45) is 1.39. The summed E-state index contributed by atoms with van der Waals surface area (Å²) in [6.45, 7) is 1.89. The highest BCUT2D eigenvalue weighted by molar-refractivity contribution is 6.43. The Morgan fingerprint density at radius 2 is 2.04 bits per heavy atom. The summed E-state index contributed by atoms with van der Waals surface area (Å²) in [6, 6.07) is 12.2. The summed E-state index contributed by atoms with van der Waals surface area (Å²) < 4.78 is 5.21. The molecule has 0 saturated heterocycles. The van der Waals surface area contributed by atoms with Crippen molar-refractivity contribution in [3.8, 4) is 11.8 Å². The lowest BCUT2D eigenvalue weighted by Crippen LogP contribution is -2.14. The zero-order valence-electron chi connectivity index (χ0n) is 13.1. The second kappa shape index (κ2) is 7.87. The monoisotopic (exact) mass is 360 g/mol. The SMILES string of the molecule is COc1ccc(C)cc1NC(=O)/C(C#N)=C/c1cccc(Cl)c1Cl. The molecule has 0 saturated carbocycles. The van der Waals surface area contributed by atoms with Gasteiger partial charge in [0.05, 0.1) is 22.8 Å². The first-order valence-corrected chi connectivity index (χ1v) is 7.73. The lowest BCUT2D eigenvalue weighted by molar-refractivity contribution is -0.112. The molecule has 0 aliphatic rings. The molecule has 0 spiro atoms. The maximum Gasteiger partial charge on any atom is 0.266 e. The van der Waals surface area contributed by atoms with Crippen LogP contribution in [-0.4, -0.2) is 13.0 Å². The molecule has 2 rings (SSSR count). The number of rotatable bonds is 4. The second-order valence-electron chi connectivity index (χ2n) is 4.97. The lowest BCUT2D eigenvalue weighted by Gasteiger charge is -2.10. The maximum absolute atomic E-state index is 12.4. The molecule has 0 fully saturated rings. The van der Waals surface area contributed by atoms with Crippen LogP contribution in [0.3, 0.4) is 0 Å². The number of amides is 1. The van der Waals surface area contributed by atoms with Crippen LogP contribution in [0.15, 0.2) is 42.0 Å². The number of carbonyl (C=O) groups excluding carboxylic acids is 1. The molecule has 122 valence electrons. The standard InChI is InChI=1S/C18H14Cl2N2O2/c1-11-6-7-16(24-2)15(8-11)22-18(23)13(10-21)9-12-4-3-5-14(19)17(12)20/h3-9H,1-2H3,(H,22,23)/b13-9+. The fraction of sp³-hybridized carbons (Fsp3) is 0.111. The fourth-order valence-electron chi connectivity index (χ4n) is 2.05. The number of aryl methyl sites for hydroxylation is 1. The van der Waals surface area contributed by atoms with Crippen LogP contribution in [0, 0.1) is 18.3 Å². The van der Waals surface area contributed by atoms with Gasteiger partial charge in [0.15, 0.2) is 0 Å². The van der Waals surface area contributed by atoms with Crippen molar-refractivity contribution < 1.29 is 9.53 Å². The van der Waals surface area contributed by atoms with E-state index in [2.05, 4.69) is 5.32 Å². The van der Waals surface area contributed by atoms with E-state index in [-0.39, 0.29) is 10.6 Å². The molecule has 2 aromatic rings. The summed E-state index contributed by atoms with van der Waals surface area (Å²) in [4.78, 5) is 12.4. The van der Waals surface area contributed by atoms with Crippen molar-refractivity contribution in [3.05, 3.63) is 63.1 Å². The Hall–Kier alpha value is -2.48. The molecular formula is C18H14Cl2N2O2. The molecule has 4 nitrogen and oxygen atoms in total. The van der Waals surface area contributed by atoms with Gasteiger partial charge >= 0.3 is 0 Å². The maximum atomic E-state index is 12.4. The van der Waals surface area contributed by atoms with E-state index in [4.69, 9.17) is 27.9 Å². The van der Waals surface area contributed by atoms with E-state index in [9.17, 15) is 10.1 Å². The van der Waals surface area contributed by atoms with Gasteiger partial charge in [0.25, 0.3) is 5.91 Å². The van der Waals surface area contributed by atoms with Crippen molar-refractivity contribution in [3.63, 3.8) is 0 Å². The summed E-state index contributed by atoms with van der Waals surface area (Å²) in [5.41, 5.74) is 1.84. The van der Waals surface area contributed by atoms with E-state index in [1.165, 1.54) is 13.2 Å². The molecule has 1 N–H and O–H groups in total. The summed E-state index contributed by atoms with van der Waals surface area (Å²) in [5.74, 6) is -0.0514. The van der Waals surface area contributed by atoms with Gasteiger partial charge in [0, 0.05) is 0 Å². The molecule has 0 heterocycles. The third kappa shape index (κ3) is 4.08. The number of methoxy groups -OCH3 is 1. The number of ether oxygens (including phenoxy) is 1. The van der Waals surface area contributed by atoms with Crippen molar-refractivity contribution in [2.75, 3.05) is 12.4 Å². The largest absolute Gasteiger partial charge is 0.495 e. The Morgan fingerprint density at radius 1 is 1.29 bits per heavy atom. The third-order valence-corrected chi connectivity index (χ3v) is 4.08. The molecule has 24 heavy (non-hydrogen) atoms. The molecule has 2 aromatic carbocycles. The van der Waals surface area contributed by atoms with Gasteiger partial charge in [-0.15, -0.1) is 0 Å². The van der Waals surface area contributed by atoms with Gasteiger partial charge < -0.3 is 10.1 Å². The molecule has 0 aliphatic heterocycles. The third-order valence-electron chi connectivity index (χ3n) is 3.25. The minimum absolute atomic E-state index is 0.0947. The van der Waals surface area contributed by atoms with E-state index in [1.807, 2.05) is 19.1 Å². The number of nitrogens with zero attached hydrogens (tertiary/aromatic N) is 1. The fourth-order valence-corrected chi connectivity index (χ4v) is 2.41. The van der Waals surface area contributed by atoms with Gasteiger partial charge in [-0.1, -0.05) is 41.4 Å². The number of carbonyl (C=O) groups is 1. The van der Waals surface area contributed by atoms with Crippen LogP contribution >= 0.6 is 23.2 Å². The molecule has 0 aromatic heterocycles. The average Bonchev–Trinajstić information content (AvgIpc) is 2.56. The minimum atomic E-state index is -0.558. The number of halogens is 2. The summed E-state index contributed by atoms with van der Waals surface area (Å²) in [5, 5.41) is 12.6. The highest BCUT2D eigenvalue weighted by Gasteiger charge is 2.14. The minimum Gasteiger partial charge on any atom is -0.495 e. The first-order valence-electron chi connectivity index (χ1n) is 6.98. The molecule has 6 heteroatoms. The van der Waals surface area contributed by atoms with E-state index in [1.54, 1.807) is 30.3 Å². The highest BCUT2D eigenvalue weighted by Crippen LogP contribution is 2.28. The predicted octanol–water partition coefficient (Wildman–Crippen LogP) is 4.86. The van der Waals surface area contributed by atoms with Crippen LogP contribution in [0.25, 0.3) is 6.08 Å². The number of hydrogen-bond acceptors (Lipinski definition) is 3. The first-order chi connectivity index (χ1) is 11.5. The highest BCUT2D eigenvalue weighted by atomic mass is 35.5. The number of anilines is 1. The van der Waals surface area contributed by atoms with Gasteiger partial charge in [-0.25, -0.2) is 0 Å². The van der Waals surface area contributed by atoms with Crippen molar-refractivity contribution in [1.29, 1.82) is 5.26 Å². The van der Waals surface area contributed by atoms with Crippen LogP contribution < -0.4 is 10.1 Å². The first kappa shape index (κ1) is 17.9. The normalized spacial score (nSPS) is 10.9. The molecule has 0 unspecified atom stereocenters. The van der Waals surface area contributed by atoms with Crippen LogP contribution in [0.4, 0.5) is 5.69 Å². The zero-order chi connectivity index (χ0) is 17.7. The summed E-state index contributed by atoms with van der Waals surface area (Å²) in [7, 11) is 1.51. The van der Waals surface area contributed by atoms with E-state index in [0.717, 1.165) is 5.56 Å². The van der Waals surface area contributed by atoms with E-state index in [0.29, 0.717) is 22.0 Å². The average molecular weight is 361 g/mol. The van der Waals surface area contributed by atoms with Crippen LogP contribution in [-0.2, 0) is 4.79 Å². The number of nitriles is 1. The number of nitrogens with one attached hydrogen (secondary N) is 1. The number of hydrogen-bond donors (Lipinski definition) is 1. The molecule has 0 bridgehead atoms. The Kier molecular flexibility index (Phi) is 5.86. The smallest absolute Gasteiger partial charge is 0.266 e. The Labute approximate surface area is 150 Å². The topological polar surface area (TPSA) is 62.1 Å². The van der Waals surface area contributed by atoms with Crippen molar-refractivity contribution >= 4 is 40.9 Å². The zero-order valence-corrected chi connectivity index (χ0v) is 14.6. The lowest BCUT2D eigenvalue weighted by atomic mass is 10.1. The Morgan fingerprint density at radius 3 is 2.71 bits per heavy atom. The predicted molar refractivity (Wildman–Crippen MR) is 96.4 cm³/mol. The van der Waals surface area contributed by atoms with Gasteiger partial charge in [0.1, 0.15) is 17.4 Å². The Bertz CT molecular complexity index is 855. The van der Waals surface area contributed by atoms with Gasteiger partial charge in [-0.2, -0.15) is 5.26 Å². The molecular weight excluding hydrogens is 347 g/mol. The number of benzene rings is 2. The molecule has 0 aliphatic carbocycles. The van der Waals surface area contributed by atoms with Crippen molar-refractivity contribution in [2.24, 2.45) is 0 Å². The molecule has 0 atom stereocenters. The van der Waals surface area contributed by atoms with Crippen LogP contribution in [0.1, 0.15) is 11.1 Å². The van der Waals surface area contributed by atoms with Crippen LogP contribution in [0.5, 0.6) is 5.75 Å². The molecule has 0 radical (unpaired) electrons.